The molecule has 5 nitrogen and oxygen atoms in total. The zero-order chi connectivity index (χ0) is 17.7. The van der Waals surface area contributed by atoms with Gasteiger partial charge < -0.3 is 10.6 Å². The second kappa shape index (κ2) is 7.63. The average Bonchev–Trinajstić information content (AvgIpc) is 2.56. The van der Waals surface area contributed by atoms with Crippen LogP contribution in [0.1, 0.15) is 25.6 Å². The van der Waals surface area contributed by atoms with Crippen LogP contribution in [-0.2, 0) is 9.59 Å². The zero-order valence-corrected chi connectivity index (χ0v) is 13.2. The molecule has 2 rings (SSSR count). The quantitative estimate of drug-likeness (QED) is 0.845. The van der Waals surface area contributed by atoms with E-state index in [4.69, 9.17) is 0 Å². The van der Waals surface area contributed by atoms with Crippen LogP contribution in [0.3, 0.4) is 0 Å². The van der Waals surface area contributed by atoms with E-state index in [2.05, 4.69) is 10.3 Å². The number of pyridine rings is 1. The summed E-state index contributed by atoms with van der Waals surface area (Å²) in [7, 11) is 0. The number of nitrogens with zero attached hydrogens (tertiary/aromatic N) is 1. The Morgan fingerprint density at radius 2 is 1.67 bits per heavy atom. The smallest absolute Gasteiger partial charge is 0.313 e. The number of benzene rings is 1. The van der Waals surface area contributed by atoms with Gasteiger partial charge in [0, 0.05) is 6.20 Å². The van der Waals surface area contributed by atoms with Crippen LogP contribution in [0.5, 0.6) is 0 Å². The summed E-state index contributed by atoms with van der Waals surface area (Å²) in [5.74, 6) is -4.10. The van der Waals surface area contributed by atoms with Crippen LogP contribution in [0.15, 0.2) is 42.6 Å². The molecular weight excluding hydrogens is 316 g/mol. The lowest BCUT2D eigenvalue weighted by Gasteiger charge is -2.21. The van der Waals surface area contributed by atoms with Crippen molar-refractivity contribution in [1.82, 2.24) is 10.3 Å². The molecule has 0 spiro atoms. The predicted octanol–water partition coefficient (Wildman–Crippen LogP) is 2.81. The van der Waals surface area contributed by atoms with E-state index in [0.717, 1.165) is 18.2 Å². The van der Waals surface area contributed by atoms with Crippen molar-refractivity contribution in [1.29, 1.82) is 0 Å². The largest absolute Gasteiger partial charge is 0.339 e. The van der Waals surface area contributed by atoms with Crippen molar-refractivity contribution in [3.05, 3.63) is 59.9 Å². The maximum Gasteiger partial charge on any atom is 0.313 e. The lowest BCUT2D eigenvalue weighted by Crippen LogP contribution is -2.40. The van der Waals surface area contributed by atoms with E-state index in [1.54, 1.807) is 24.4 Å². The van der Waals surface area contributed by atoms with Gasteiger partial charge in [0.2, 0.25) is 0 Å². The Balaban J connectivity index is 2.11. The predicted molar refractivity (Wildman–Crippen MR) is 84.9 cm³/mol. The fourth-order valence-electron chi connectivity index (χ4n) is 2.14. The van der Waals surface area contributed by atoms with Gasteiger partial charge >= 0.3 is 11.8 Å². The van der Waals surface area contributed by atoms with E-state index < -0.39 is 35.2 Å². The van der Waals surface area contributed by atoms with Gasteiger partial charge in [0.05, 0.1) is 11.7 Å². The van der Waals surface area contributed by atoms with Crippen LogP contribution in [0.4, 0.5) is 14.5 Å². The van der Waals surface area contributed by atoms with E-state index in [1.807, 2.05) is 19.2 Å². The molecule has 0 saturated carbocycles. The van der Waals surface area contributed by atoms with Crippen LogP contribution in [0.2, 0.25) is 0 Å². The average molecular weight is 333 g/mol. The molecule has 24 heavy (non-hydrogen) atoms. The van der Waals surface area contributed by atoms with Crippen molar-refractivity contribution in [3.8, 4) is 0 Å². The normalized spacial score (nSPS) is 11.9. The molecule has 7 heteroatoms. The minimum absolute atomic E-state index is 0.0400. The minimum Gasteiger partial charge on any atom is -0.339 e. The Morgan fingerprint density at radius 3 is 2.21 bits per heavy atom. The molecule has 0 radical (unpaired) electrons. The van der Waals surface area contributed by atoms with E-state index in [0.29, 0.717) is 5.69 Å². The second-order valence-corrected chi connectivity index (χ2v) is 5.50. The summed E-state index contributed by atoms with van der Waals surface area (Å²) in [6.07, 6.45) is 1.58. The van der Waals surface area contributed by atoms with E-state index in [-0.39, 0.29) is 5.92 Å². The lowest BCUT2D eigenvalue weighted by atomic mass is 10.0. The fourth-order valence-corrected chi connectivity index (χ4v) is 2.14. The number of para-hydroxylation sites is 1. The van der Waals surface area contributed by atoms with Crippen LogP contribution in [-0.4, -0.2) is 16.8 Å². The first-order valence-corrected chi connectivity index (χ1v) is 7.37. The van der Waals surface area contributed by atoms with Gasteiger partial charge in [-0.15, -0.1) is 0 Å². The summed E-state index contributed by atoms with van der Waals surface area (Å²) >= 11 is 0. The highest BCUT2D eigenvalue weighted by Gasteiger charge is 2.24. The molecule has 0 aliphatic carbocycles. The summed E-state index contributed by atoms with van der Waals surface area (Å²) in [6.45, 7) is 3.71. The fraction of sp³-hybridized carbons (Fsp3) is 0.235. The molecule has 0 saturated heterocycles. The number of hydrogen-bond donors (Lipinski definition) is 2. The lowest BCUT2D eigenvalue weighted by molar-refractivity contribution is -0.136. The number of anilines is 1. The number of rotatable bonds is 4. The third kappa shape index (κ3) is 4.13. The van der Waals surface area contributed by atoms with E-state index in [9.17, 15) is 18.4 Å². The van der Waals surface area contributed by atoms with Crippen molar-refractivity contribution in [3.63, 3.8) is 0 Å². The summed E-state index contributed by atoms with van der Waals surface area (Å²) in [6, 6.07) is 7.85. The standard InChI is InChI=1S/C17H17F2N3O2/c1-10(2)14(13-8-3-4-9-20-13)21-16(23)17(24)22-15-11(18)6-5-7-12(15)19/h3-10,14H,1-2H3,(H,21,23)(H,22,24)/t14-/m0/s1. The van der Waals surface area contributed by atoms with Gasteiger partial charge in [-0.3, -0.25) is 14.6 Å². The maximum absolute atomic E-state index is 13.5. The topological polar surface area (TPSA) is 71.1 Å². The van der Waals surface area contributed by atoms with Gasteiger partial charge in [0.1, 0.15) is 17.3 Å². The molecule has 2 aromatic rings. The molecule has 0 unspecified atom stereocenters. The number of hydrogen-bond acceptors (Lipinski definition) is 3. The van der Waals surface area contributed by atoms with Crippen LogP contribution in [0.25, 0.3) is 0 Å². The highest BCUT2D eigenvalue weighted by molar-refractivity contribution is 6.39. The summed E-state index contributed by atoms with van der Waals surface area (Å²) in [4.78, 5) is 28.2. The SMILES string of the molecule is CC(C)[C@H](NC(=O)C(=O)Nc1c(F)cccc1F)c1ccccn1. The van der Waals surface area contributed by atoms with Crippen LogP contribution < -0.4 is 10.6 Å². The van der Waals surface area contributed by atoms with Gasteiger partial charge in [-0.1, -0.05) is 26.0 Å². The van der Waals surface area contributed by atoms with Gasteiger partial charge in [-0.2, -0.15) is 0 Å². The molecule has 2 amide bonds. The van der Waals surface area contributed by atoms with Crippen molar-refractivity contribution in [2.45, 2.75) is 19.9 Å². The Bertz CT molecular complexity index is 716. The molecule has 1 aromatic carbocycles. The molecule has 0 aliphatic rings. The summed E-state index contributed by atoms with van der Waals surface area (Å²) in [5.41, 5.74) is -0.0673. The Labute approximate surface area is 138 Å². The molecule has 0 fully saturated rings. The van der Waals surface area contributed by atoms with Crippen molar-refractivity contribution in [2.75, 3.05) is 5.32 Å². The molecule has 1 atom stereocenters. The number of nitrogens with one attached hydrogen (secondary N) is 2. The molecular formula is C17H17F2N3O2. The van der Waals surface area contributed by atoms with Gasteiger partial charge in [0.15, 0.2) is 0 Å². The first kappa shape index (κ1) is 17.5. The molecule has 0 bridgehead atoms. The highest BCUT2D eigenvalue weighted by atomic mass is 19.1. The Hall–Kier alpha value is -2.83. The molecule has 126 valence electrons. The molecule has 0 aliphatic heterocycles. The van der Waals surface area contributed by atoms with Gasteiger partial charge in [0.25, 0.3) is 0 Å². The van der Waals surface area contributed by atoms with Crippen molar-refractivity contribution >= 4 is 17.5 Å². The molecule has 1 aromatic heterocycles. The Kier molecular flexibility index (Phi) is 5.57. The van der Waals surface area contributed by atoms with E-state index >= 15 is 0 Å². The highest BCUT2D eigenvalue weighted by Crippen LogP contribution is 2.20. The summed E-state index contributed by atoms with van der Waals surface area (Å²) < 4.78 is 27.1. The van der Waals surface area contributed by atoms with Crippen LogP contribution >= 0.6 is 0 Å². The molecule has 1 heterocycles. The molecule has 2 N–H and O–H groups in total. The number of aromatic nitrogens is 1. The van der Waals surface area contributed by atoms with Crippen molar-refractivity contribution < 1.29 is 18.4 Å². The monoisotopic (exact) mass is 333 g/mol. The number of carbonyl (C=O) groups excluding carboxylic acids is 2. The van der Waals surface area contributed by atoms with Gasteiger partial charge in [-0.25, -0.2) is 8.78 Å². The number of halogens is 2. The Morgan fingerprint density at radius 1 is 1.00 bits per heavy atom. The second-order valence-electron chi connectivity index (χ2n) is 5.50. The number of carbonyl (C=O) groups is 2. The number of amides is 2. The third-order valence-corrected chi connectivity index (χ3v) is 3.37. The zero-order valence-electron chi connectivity index (χ0n) is 13.2. The third-order valence-electron chi connectivity index (χ3n) is 3.37. The van der Waals surface area contributed by atoms with E-state index in [1.165, 1.54) is 0 Å². The maximum atomic E-state index is 13.5. The summed E-state index contributed by atoms with van der Waals surface area (Å²) in [5, 5.41) is 4.49. The minimum atomic E-state index is -1.15. The van der Waals surface area contributed by atoms with Crippen molar-refractivity contribution in [2.24, 2.45) is 5.92 Å². The van der Waals surface area contributed by atoms with Gasteiger partial charge in [-0.05, 0) is 30.2 Å². The first-order chi connectivity index (χ1) is 11.4. The first-order valence-electron chi connectivity index (χ1n) is 7.37. The van der Waals surface area contributed by atoms with Crippen LogP contribution in [0, 0.1) is 17.6 Å².